The summed E-state index contributed by atoms with van der Waals surface area (Å²) in [5.74, 6) is 1.77. The second-order valence-electron chi connectivity index (χ2n) is 5.30. The quantitative estimate of drug-likeness (QED) is 0.769. The number of nitrogens with two attached hydrogens (primary N) is 1. The lowest BCUT2D eigenvalue weighted by atomic mass is 10.1. The van der Waals surface area contributed by atoms with Crippen LogP contribution in [0.5, 0.6) is 5.75 Å². The van der Waals surface area contributed by atoms with Crippen molar-refractivity contribution in [2.45, 2.75) is 45.6 Å². The van der Waals surface area contributed by atoms with Crippen molar-refractivity contribution in [3.8, 4) is 17.0 Å². The van der Waals surface area contributed by atoms with E-state index in [4.69, 9.17) is 10.5 Å². The molecule has 0 bridgehead atoms. The van der Waals surface area contributed by atoms with E-state index in [1.807, 2.05) is 30.5 Å². The number of nitrogens with one attached hydrogen (secondary N) is 1. The first-order valence-corrected chi connectivity index (χ1v) is 7.78. The highest BCUT2D eigenvalue weighted by Gasteiger charge is 2.10. The Morgan fingerprint density at radius 1 is 1.19 bits per heavy atom. The van der Waals surface area contributed by atoms with E-state index in [0.717, 1.165) is 55.1 Å². The Morgan fingerprint density at radius 2 is 1.95 bits per heavy atom. The normalized spacial score (nSPS) is 12.3. The van der Waals surface area contributed by atoms with Crippen molar-refractivity contribution in [1.29, 1.82) is 0 Å². The van der Waals surface area contributed by atoms with Crippen LogP contribution in [0.15, 0.2) is 30.5 Å². The number of aromatic nitrogens is 2. The summed E-state index contributed by atoms with van der Waals surface area (Å²) >= 11 is 0. The molecule has 114 valence electrons. The van der Waals surface area contributed by atoms with Gasteiger partial charge >= 0.3 is 0 Å². The number of nitrogens with zero attached hydrogens (tertiary/aromatic N) is 1. The molecule has 0 aliphatic rings. The molecule has 1 atom stereocenters. The Labute approximate surface area is 126 Å². The largest absolute Gasteiger partial charge is 0.494 e. The van der Waals surface area contributed by atoms with Crippen LogP contribution < -0.4 is 10.5 Å². The summed E-state index contributed by atoms with van der Waals surface area (Å²) in [6, 6.07) is 8.05. The van der Waals surface area contributed by atoms with E-state index in [2.05, 4.69) is 23.8 Å². The Hall–Kier alpha value is -1.81. The monoisotopic (exact) mass is 287 g/mol. The zero-order valence-corrected chi connectivity index (χ0v) is 12.9. The minimum atomic E-state index is -0.00846. The molecule has 2 rings (SSSR count). The average Bonchev–Trinajstić information content (AvgIpc) is 3.01. The van der Waals surface area contributed by atoms with Gasteiger partial charge in [0.15, 0.2) is 0 Å². The summed E-state index contributed by atoms with van der Waals surface area (Å²) in [6.45, 7) is 5.02. The first-order chi connectivity index (χ1) is 10.2. The van der Waals surface area contributed by atoms with Crippen LogP contribution in [-0.4, -0.2) is 16.6 Å². The van der Waals surface area contributed by atoms with Gasteiger partial charge in [0.2, 0.25) is 0 Å². The summed E-state index contributed by atoms with van der Waals surface area (Å²) < 4.78 is 5.59. The SMILES string of the molecule is CCCCC(N)c1ncc(-c2ccc(OCCC)cc2)[nH]1. The van der Waals surface area contributed by atoms with Gasteiger partial charge in [-0.3, -0.25) is 0 Å². The van der Waals surface area contributed by atoms with Crippen LogP contribution in [0.25, 0.3) is 11.3 Å². The Bertz CT molecular complexity index is 533. The predicted molar refractivity (Wildman–Crippen MR) is 86.3 cm³/mol. The molecule has 0 spiro atoms. The van der Waals surface area contributed by atoms with Crippen LogP contribution in [0.1, 0.15) is 51.4 Å². The van der Waals surface area contributed by atoms with Crippen LogP contribution >= 0.6 is 0 Å². The molecule has 1 aromatic carbocycles. The lowest BCUT2D eigenvalue weighted by Crippen LogP contribution is -2.11. The van der Waals surface area contributed by atoms with Crippen molar-refractivity contribution in [2.75, 3.05) is 6.61 Å². The molecular weight excluding hydrogens is 262 g/mol. The Kier molecular flexibility index (Phi) is 5.81. The highest BCUT2D eigenvalue weighted by molar-refractivity contribution is 5.59. The molecule has 3 N–H and O–H groups in total. The van der Waals surface area contributed by atoms with Gasteiger partial charge < -0.3 is 15.5 Å². The highest BCUT2D eigenvalue weighted by Crippen LogP contribution is 2.23. The van der Waals surface area contributed by atoms with Crippen LogP contribution in [-0.2, 0) is 0 Å². The topological polar surface area (TPSA) is 63.9 Å². The van der Waals surface area contributed by atoms with Crippen molar-refractivity contribution >= 4 is 0 Å². The van der Waals surface area contributed by atoms with Crippen LogP contribution in [0.4, 0.5) is 0 Å². The summed E-state index contributed by atoms with van der Waals surface area (Å²) in [7, 11) is 0. The van der Waals surface area contributed by atoms with Gasteiger partial charge in [0.25, 0.3) is 0 Å². The summed E-state index contributed by atoms with van der Waals surface area (Å²) in [4.78, 5) is 7.73. The molecule has 21 heavy (non-hydrogen) atoms. The van der Waals surface area contributed by atoms with Gasteiger partial charge in [0.05, 0.1) is 24.5 Å². The molecule has 4 nitrogen and oxygen atoms in total. The number of imidazole rings is 1. The number of unbranched alkanes of at least 4 members (excludes halogenated alkanes) is 1. The lowest BCUT2D eigenvalue weighted by molar-refractivity contribution is 0.317. The van der Waals surface area contributed by atoms with Crippen LogP contribution in [0.3, 0.4) is 0 Å². The van der Waals surface area contributed by atoms with E-state index in [9.17, 15) is 0 Å². The molecule has 0 aliphatic carbocycles. The van der Waals surface area contributed by atoms with Crippen LogP contribution in [0.2, 0.25) is 0 Å². The molecule has 1 heterocycles. The minimum absolute atomic E-state index is 0.00846. The smallest absolute Gasteiger partial charge is 0.123 e. The number of benzene rings is 1. The maximum absolute atomic E-state index is 6.14. The van der Waals surface area contributed by atoms with E-state index in [-0.39, 0.29) is 6.04 Å². The standard InChI is InChI=1S/C17H25N3O/c1-3-5-6-15(18)17-19-12-16(20-17)13-7-9-14(10-8-13)21-11-4-2/h7-10,12,15H,3-6,11,18H2,1-2H3,(H,19,20). The fourth-order valence-electron chi connectivity index (χ4n) is 2.18. The van der Waals surface area contributed by atoms with Crippen molar-refractivity contribution in [3.63, 3.8) is 0 Å². The fourth-order valence-corrected chi connectivity index (χ4v) is 2.18. The maximum atomic E-state index is 6.14. The van der Waals surface area contributed by atoms with Crippen LogP contribution in [0, 0.1) is 0 Å². The van der Waals surface area contributed by atoms with Gasteiger partial charge in [-0.15, -0.1) is 0 Å². The number of ether oxygens (including phenoxy) is 1. The van der Waals surface area contributed by atoms with Gasteiger partial charge in [-0.1, -0.05) is 26.7 Å². The number of hydrogen-bond donors (Lipinski definition) is 2. The third-order valence-electron chi connectivity index (χ3n) is 3.45. The van der Waals surface area contributed by atoms with Gasteiger partial charge in [0.1, 0.15) is 11.6 Å². The first kappa shape index (κ1) is 15.6. The van der Waals surface area contributed by atoms with E-state index in [0.29, 0.717) is 0 Å². The van der Waals surface area contributed by atoms with E-state index < -0.39 is 0 Å². The zero-order chi connectivity index (χ0) is 15.1. The van der Waals surface area contributed by atoms with Gasteiger partial charge in [-0.05, 0) is 42.7 Å². The Morgan fingerprint density at radius 3 is 2.62 bits per heavy atom. The van der Waals surface area contributed by atoms with E-state index in [1.165, 1.54) is 0 Å². The molecule has 0 fully saturated rings. The molecule has 2 aromatic rings. The molecule has 0 saturated heterocycles. The molecule has 1 aromatic heterocycles. The number of H-pyrrole nitrogens is 1. The molecular formula is C17H25N3O. The maximum Gasteiger partial charge on any atom is 0.123 e. The molecule has 0 radical (unpaired) electrons. The number of hydrogen-bond acceptors (Lipinski definition) is 3. The summed E-state index contributed by atoms with van der Waals surface area (Å²) in [6.07, 6.45) is 6.11. The predicted octanol–water partition coefficient (Wildman–Crippen LogP) is 4.06. The van der Waals surface area contributed by atoms with Crippen molar-refractivity contribution < 1.29 is 4.74 Å². The zero-order valence-electron chi connectivity index (χ0n) is 12.9. The van der Waals surface area contributed by atoms with Crippen molar-refractivity contribution in [2.24, 2.45) is 5.73 Å². The lowest BCUT2D eigenvalue weighted by Gasteiger charge is -2.07. The first-order valence-electron chi connectivity index (χ1n) is 7.78. The number of aromatic amines is 1. The van der Waals surface area contributed by atoms with Crippen molar-refractivity contribution in [3.05, 3.63) is 36.3 Å². The third-order valence-corrected chi connectivity index (χ3v) is 3.45. The molecule has 4 heteroatoms. The molecule has 0 amide bonds. The van der Waals surface area contributed by atoms with E-state index >= 15 is 0 Å². The Balaban J connectivity index is 2.03. The number of rotatable bonds is 8. The highest BCUT2D eigenvalue weighted by atomic mass is 16.5. The fraction of sp³-hybridized carbons (Fsp3) is 0.471. The minimum Gasteiger partial charge on any atom is -0.494 e. The third kappa shape index (κ3) is 4.33. The second-order valence-corrected chi connectivity index (χ2v) is 5.30. The van der Waals surface area contributed by atoms with Gasteiger partial charge in [-0.25, -0.2) is 4.98 Å². The average molecular weight is 287 g/mol. The second kappa shape index (κ2) is 7.84. The van der Waals surface area contributed by atoms with Gasteiger partial charge in [-0.2, -0.15) is 0 Å². The van der Waals surface area contributed by atoms with Crippen molar-refractivity contribution in [1.82, 2.24) is 9.97 Å². The van der Waals surface area contributed by atoms with Gasteiger partial charge in [0, 0.05) is 0 Å². The molecule has 1 unspecified atom stereocenters. The molecule has 0 aliphatic heterocycles. The summed E-state index contributed by atoms with van der Waals surface area (Å²) in [5, 5.41) is 0. The van der Waals surface area contributed by atoms with E-state index in [1.54, 1.807) is 0 Å². The summed E-state index contributed by atoms with van der Waals surface area (Å²) in [5.41, 5.74) is 8.23. The molecule has 0 saturated carbocycles.